The van der Waals surface area contributed by atoms with Gasteiger partial charge in [-0.1, -0.05) is 0 Å². The molecule has 0 aromatic heterocycles. The summed E-state index contributed by atoms with van der Waals surface area (Å²) in [6.45, 7) is -1.27. The lowest BCUT2D eigenvalue weighted by Gasteiger charge is -2.25. The van der Waals surface area contributed by atoms with Crippen molar-refractivity contribution in [2.75, 3.05) is 77.6 Å². The van der Waals surface area contributed by atoms with Crippen molar-refractivity contribution in [3.63, 3.8) is 0 Å². The van der Waals surface area contributed by atoms with Crippen molar-refractivity contribution in [1.29, 1.82) is 0 Å². The Bertz CT molecular complexity index is 1270. The average molecular weight is 1420 g/mol. The maximum Gasteiger partial charge on any atom is 0.335 e. The number of aliphatic carboxylic acids is 2. The highest BCUT2D eigenvalue weighted by atomic mass is 127. The van der Waals surface area contributed by atoms with E-state index in [9.17, 15) is 50.4 Å². The monoisotopic (exact) mass is 1420 g/mol. The number of rotatable bonds is 17. The van der Waals surface area contributed by atoms with Gasteiger partial charge < -0.3 is 71.9 Å². The molecule has 2 atom stereocenters. The quantitative estimate of drug-likeness (QED) is 0.0992. The number of aliphatic hydroxyl groups excluding tert-OH is 10. The number of carbonyl (C=O) groups is 2. The van der Waals surface area contributed by atoms with Crippen LogP contribution in [0.1, 0.15) is 45.9 Å². The summed E-state index contributed by atoms with van der Waals surface area (Å²) >= 11 is 13.1. The number of carboxylic acid groups (broad SMARTS) is 2. The van der Waals surface area contributed by atoms with Crippen molar-refractivity contribution >= 4 is 159 Å². The van der Waals surface area contributed by atoms with Crippen molar-refractivity contribution in [2.24, 2.45) is 0 Å². The predicted octanol–water partition coefficient (Wildman–Crippen LogP) is 1.23. The molecule has 0 aliphatic heterocycles. The lowest BCUT2D eigenvalue weighted by molar-refractivity contribution is -0.165. The summed E-state index contributed by atoms with van der Waals surface area (Å²) < 4.78 is 5.51. The zero-order chi connectivity index (χ0) is 40.6. The van der Waals surface area contributed by atoms with Crippen LogP contribution in [0.3, 0.4) is 0 Å². The van der Waals surface area contributed by atoms with Crippen LogP contribution < -0.4 is 10.6 Å². The number of anilines is 2. The van der Waals surface area contributed by atoms with Crippen LogP contribution in [-0.4, -0.2) is 152 Å². The summed E-state index contributed by atoms with van der Waals surface area (Å²) in [5.74, 6) is -5.08. The Morgan fingerprint density at radius 1 is 0.442 bits per heavy atom. The van der Waals surface area contributed by atoms with Crippen LogP contribution in [0.5, 0.6) is 0 Å². The van der Waals surface area contributed by atoms with Crippen LogP contribution in [0, 0.1) is 21.4 Å². The fraction of sp³-hybridized carbons (Fsp3) is 0.533. The molecule has 22 heteroatoms. The maximum atomic E-state index is 9.77. The summed E-state index contributed by atoms with van der Waals surface area (Å²) in [6.07, 6.45) is -4.53. The standard InChI is InChI=1S/2C13H18I3NO4.C4H6O6/c2*1-17-13-11(15)8(6(2-18)3-19)10(14)9(12(13)16)7(4-20)5-21;5-1(3(7)8)2(6)4(9)10/h2*6-7,17-21H,2-5H2,1H3;1-2,5-6H,(H,7,8)(H,9,10). The van der Waals surface area contributed by atoms with Gasteiger partial charge in [0.25, 0.3) is 0 Å². The topological polar surface area (TPSA) is 301 Å². The first-order chi connectivity index (χ1) is 24.4. The molecular formula is C30H42I6N2O14. The number of aliphatic hydroxyl groups is 10. The zero-order valence-corrected chi connectivity index (χ0v) is 40.5. The normalized spacial score (nSPS) is 12.3. The lowest BCUT2D eigenvalue weighted by Crippen LogP contribution is -2.39. The van der Waals surface area contributed by atoms with Crippen molar-refractivity contribution in [3.05, 3.63) is 43.7 Å². The Balaban J connectivity index is 0.000000800. The predicted molar refractivity (Wildman–Crippen MR) is 243 cm³/mol. The molecule has 0 radical (unpaired) electrons. The van der Waals surface area contributed by atoms with Gasteiger partial charge in [0, 0.05) is 59.2 Å². The highest BCUT2D eigenvalue weighted by molar-refractivity contribution is 14.1. The Hall–Kier alpha value is 0.960. The van der Waals surface area contributed by atoms with Crippen LogP contribution in [0.25, 0.3) is 0 Å². The Kier molecular flexibility index (Phi) is 27.3. The molecule has 298 valence electrons. The molecule has 2 rings (SSSR count). The second-order valence-corrected chi connectivity index (χ2v) is 17.1. The number of carboxylic acids is 2. The van der Waals surface area contributed by atoms with Gasteiger partial charge in [0.15, 0.2) is 12.2 Å². The first kappa shape index (κ1) is 53.0. The Morgan fingerprint density at radius 2 is 0.615 bits per heavy atom. The van der Waals surface area contributed by atoms with Crippen molar-refractivity contribution in [3.8, 4) is 0 Å². The first-order valence-corrected chi connectivity index (χ1v) is 21.3. The van der Waals surface area contributed by atoms with E-state index in [0.29, 0.717) is 0 Å². The zero-order valence-electron chi connectivity index (χ0n) is 27.6. The number of halogens is 6. The summed E-state index contributed by atoms with van der Waals surface area (Å²) in [7, 11) is 3.61. The van der Waals surface area contributed by atoms with Crippen molar-refractivity contribution < 1.29 is 70.9 Å². The summed E-state index contributed by atoms with van der Waals surface area (Å²) in [6, 6.07) is 0. The molecule has 0 amide bonds. The first-order valence-electron chi connectivity index (χ1n) is 14.9. The van der Waals surface area contributed by atoms with Gasteiger partial charge in [-0.3, -0.25) is 0 Å². The van der Waals surface area contributed by atoms with Crippen LogP contribution in [0.2, 0.25) is 0 Å². The van der Waals surface area contributed by atoms with Crippen molar-refractivity contribution in [1.82, 2.24) is 0 Å². The van der Waals surface area contributed by atoms with E-state index in [2.05, 4.69) is 146 Å². The van der Waals surface area contributed by atoms with Crippen LogP contribution >= 0.6 is 136 Å². The minimum Gasteiger partial charge on any atom is -0.479 e. The molecular weight excluding hydrogens is 1370 g/mol. The number of nitrogens with one attached hydrogen (secondary N) is 2. The Labute approximate surface area is 382 Å². The van der Waals surface area contributed by atoms with E-state index in [4.69, 9.17) is 20.4 Å². The molecule has 0 bridgehead atoms. The minimum absolute atomic E-state index is 0.158. The van der Waals surface area contributed by atoms with E-state index in [0.717, 1.165) is 55.0 Å². The van der Waals surface area contributed by atoms with Gasteiger partial charge in [-0.15, -0.1) is 0 Å². The van der Waals surface area contributed by atoms with E-state index in [1.165, 1.54) is 0 Å². The molecule has 0 aliphatic rings. The van der Waals surface area contributed by atoms with Gasteiger partial charge >= 0.3 is 11.9 Å². The molecule has 0 aliphatic carbocycles. The highest BCUT2D eigenvalue weighted by Gasteiger charge is 2.30. The van der Waals surface area contributed by atoms with Gasteiger partial charge in [0.1, 0.15) is 0 Å². The van der Waals surface area contributed by atoms with Gasteiger partial charge in [-0.2, -0.15) is 0 Å². The molecule has 0 spiro atoms. The SMILES string of the molecule is CNc1c(I)c(C(CO)CO)c(I)c(C(CO)CO)c1I.CNc1c(I)c(C(CO)CO)c(I)c(C(CO)CO)c1I.O=C(O)C(O)C(O)C(=O)O. The van der Waals surface area contributed by atoms with E-state index in [-0.39, 0.29) is 76.5 Å². The third kappa shape index (κ3) is 13.5. The molecule has 0 fully saturated rings. The Morgan fingerprint density at radius 3 is 0.731 bits per heavy atom. The molecule has 0 saturated carbocycles. The fourth-order valence-electron chi connectivity index (χ4n) is 4.51. The van der Waals surface area contributed by atoms with Gasteiger partial charge in [-0.25, -0.2) is 9.59 Å². The van der Waals surface area contributed by atoms with Crippen LogP contribution in [-0.2, 0) is 9.59 Å². The molecule has 2 unspecified atom stereocenters. The minimum atomic E-state index is -2.27. The van der Waals surface area contributed by atoms with Crippen LogP contribution in [0.4, 0.5) is 11.4 Å². The molecule has 52 heavy (non-hydrogen) atoms. The molecule has 2 aromatic rings. The maximum absolute atomic E-state index is 9.77. The summed E-state index contributed by atoms with van der Waals surface area (Å²) in [4.78, 5) is 19.5. The largest absolute Gasteiger partial charge is 0.479 e. The van der Waals surface area contributed by atoms with Crippen molar-refractivity contribution in [2.45, 2.75) is 35.9 Å². The number of benzene rings is 2. The third-order valence-corrected chi connectivity index (χ3v) is 14.3. The number of hydrogen-bond acceptors (Lipinski definition) is 14. The summed E-state index contributed by atoms with van der Waals surface area (Å²) in [5, 5.41) is 115. The molecule has 14 N–H and O–H groups in total. The second kappa shape index (κ2) is 26.8. The number of hydrogen-bond donors (Lipinski definition) is 14. The van der Waals surface area contributed by atoms with E-state index in [1.54, 1.807) is 14.1 Å². The average Bonchev–Trinajstić information content (AvgIpc) is 3.12. The second-order valence-electron chi connectivity index (χ2n) is 10.6. The highest BCUT2D eigenvalue weighted by Crippen LogP contribution is 2.42. The van der Waals surface area contributed by atoms with E-state index >= 15 is 0 Å². The fourth-order valence-corrected chi connectivity index (χ4v) is 15.4. The molecule has 16 nitrogen and oxygen atoms in total. The van der Waals surface area contributed by atoms with E-state index in [1.807, 2.05) is 0 Å². The van der Waals surface area contributed by atoms with Gasteiger partial charge in [-0.05, 0) is 158 Å². The van der Waals surface area contributed by atoms with Crippen LogP contribution in [0.15, 0.2) is 0 Å². The molecule has 0 saturated heterocycles. The van der Waals surface area contributed by atoms with E-state index < -0.39 is 24.1 Å². The smallest absolute Gasteiger partial charge is 0.335 e. The van der Waals surface area contributed by atoms with Gasteiger partial charge in [0.2, 0.25) is 0 Å². The summed E-state index contributed by atoms with van der Waals surface area (Å²) in [5.41, 5.74) is 5.20. The van der Waals surface area contributed by atoms with Gasteiger partial charge in [0.05, 0.1) is 64.2 Å². The molecule has 2 aromatic carbocycles. The third-order valence-electron chi connectivity index (χ3n) is 7.47. The molecule has 0 heterocycles. The lowest BCUT2D eigenvalue weighted by atomic mass is 9.92.